The Labute approximate surface area is 100 Å². The molecular weight excluding hydrogens is 220 g/mol. The summed E-state index contributed by atoms with van der Waals surface area (Å²) in [5.74, 6) is -0.325. The molecule has 0 N–H and O–H groups in total. The molecule has 1 nitrogen and oxygen atoms in total. The first-order valence-corrected chi connectivity index (χ1v) is 6.21. The standard InChI is InChI=1S/C14H17F2N/c15-13(16)12-6-14(7-12)9-17(10-14)8-11-4-2-1-3-5-11/h1-5,12-13H,6-10H2. The average Bonchev–Trinajstić information content (AvgIpc) is 2.20. The highest BCUT2D eigenvalue weighted by atomic mass is 19.3. The van der Waals surface area contributed by atoms with E-state index in [0.717, 1.165) is 32.5 Å². The lowest BCUT2D eigenvalue weighted by Crippen LogP contribution is -2.62. The van der Waals surface area contributed by atoms with Crippen molar-refractivity contribution in [3.63, 3.8) is 0 Å². The molecule has 0 radical (unpaired) electrons. The number of hydrogen-bond acceptors (Lipinski definition) is 1. The van der Waals surface area contributed by atoms with E-state index in [9.17, 15) is 8.78 Å². The first kappa shape index (κ1) is 11.1. The van der Waals surface area contributed by atoms with Crippen LogP contribution in [0.15, 0.2) is 30.3 Å². The van der Waals surface area contributed by atoms with Crippen molar-refractivity contribution in [3.8, 4) is 0 Å². The molecule has 1 aromatic carbocycles. The van der Waals surface area contributed by atoms with Crippen LogP contribution in [0.25, 0.3) is 0 Å². The lowest BCUT2D eigenvalue weighted by molar-refractivity contribution is -0.136. The molecule has 1 aliphatic heterocycles. The number of rotatable bonds is 3. The van der Waals surface area contributed by atoms with E-state index in [-0.39, 0.29) is 11.3 Å². The highest BCUT2D eigenvalue weighted by molar-refractivity contribution is 5.16. The summed E-state index contributed by atoms with van der Waals surface area (Å²) in [6, 6.07) is 10.3. The van der Waals surface area contributed by atoms with Crippen LogP contribution in [-0.2, 0) is 6.54 Å². The van der Waals surface area contributed by atoms with E-state index in [1.807, 2.05) is 18.2 Å². The maximum Gasteiger partial charge on any atom is 0.241 e. The second kappa shape index (κ2) is 4.05. The van der Waals surface area contributed by atoms with E-state index in [1.54, 1.807) is 0 Å². The Morgan fingerprint density at radius 2 is 1.82 bits per heavy atom. The van der Waals surface area contributed by atoms with E-state index in [2.05, 4.69) is 17.0 Å². The van der Waals surface area contributed by atoms with Crippen LogP contribution in [-0.4, -0.2) is 24.4 Å². The first-order chi connectivity index (χ1) is 8.17. The van der Waals surface area contributed by atoms with Gasteiger partial charge in [-0.3, -0.25) is 4.90 Å². The van der Waals surface area contributed by atoms with Crippen molar-refractivity contribution < 1.29 is 8.78 Å². The highest BCUT2D eigenvalue weighted by Gasteiger charge is 2.54. The Morgan fingerprint density at radius 3 is 2.41 bits per heavy atom. The number of alkyl halides is 2. The summed E-state index contributed by atoms with van der Waals surface area (Å²) < 4.78 is 24.8. The molecule has 1 saturated heterocycles. The molecule has 0 unspecified atom stereocenters. The molecular formula is C14H17F2N. The van der Waals surface area contributed by atoms with E-state index >= 15 is 0 Å². The topological polar surface area (TPSA) is 3.24 Å². The monoisotopic (exact) mass is 237 g/mol. The fraction of sp³-hybridized carbons (Fsp3) is 0.571. The summed E-state index contributed by atoms with van der Waals surface area (Å²) in [5.41, 5.74) is 1.56. The molecule has 3 rings (SSSR count). The van der Waals surface area contributed by atoms with Gasteiger partial charge < -0.3 is 0 Å². The van der Waals surface area contributed by atoms with Crippen molar-refractivity contribution in [3.05, 3.63) is 35.9 Å². The Balaban J connectivity index is 1.47. The molecule has 17 heavy (non-hydrogen) atoms. The fourth-order valence-electron chi connectivity index (χ4n) is 3.34. The molecule has 2 aliphatic rings. The number of benzene rings is 1. The zero-order chi connectivity index (χ0) is 11.9. The van der Waals surface area contributed by atoms with Crippen LogP contribution in [0, 0.1) is 11.3 Å². The molecule has 0 amide bonds. The molecule has 1 aromatic rings. The van der Waals surface area contributed by atoms with Crippen molar-refractivity contribution in [2.75, 3.05) is 13.1 Å². The SMILES string of the molecule is FC(F)C1CC2(C1)CN(Cc1ccccc1)C2. The predicted octanol–water partition coefficient (Wildman–Crippen LogP) is 3.16. The van der Waals surface area contributed by atoms with Gasteiger partial charge in [0.15, 0.2) is 0 Å². The van der Waals surface area contributed by atoms with Gasteiger partial charge in [-0.1, -0.05) is 30.3 Å². The minimum Gasteiger partial charge on any atom is -0.298 e. The molecule has 3 heteroatoms. The predicted molar refractivity (Wildman–Crippen MR) is 62.9 cm³/mol. The van der Waals surface area contributed by atoms with E-state index in [4.69, 9.17) is 0 Å². The molecule has 1 saturated carbocycles. The number of hydrogen-bond donors (Lipinski definition) is 0. The maximum absolute atomic E-state index is 12.4. The third kappa shape index (κ3) is 2.08. The summed E-state index contributed by atoms with van der Waals surface area (Å²) in [4.78, 5) is 2.36. The molecule has 0 aromatic heterocycles. The average molecular weight is 237 g/mol. The van der Waals surface area contributed by atoms with Crippen molar-refractivity contribution in [1.29, 1.82) is 0 Å². The van der Waals surface area contributed by atoms with Gasteiger partial charge in [0.25, 0.3) is 0 Å². The number of likely N-dealkylation sites (tertiary alicyclic amines) is 1. The number of halogens is 2. The van der Waals surface area contributed by atoms with Crippen molar-refractivity contribution in [1.82, 2.24) is 4.90 Å². The minimum atomic E-state index is -2.11. The smallest absolute Gasteiger partial charge is 0.241 e. The molecule has 0 bridgehead atoms. The zero-order valence-electron chi connectivity index (χ0n) is 9.78. The second-order valence-corrected chi connectivity index (χ2v) is 5.63. The van der Waals surface area contributed by atoms with Gasteiger partial charge in [-0.05, 0) is 23.8 Å². The first-order valence-electron chi connectivity index (χ1n) is 6.21. The van der Waals surface area contributed by atoms with Gasteiger partial charge in [0.05, 0.1) is 0 Å². The van der Waals surface area contributed by atoms with E-state index < -0.39 is 6.43 Å². The Kier molecular flexibility index (Phi) is 2.66. The van der Waals surface area contributed by atoms with Gasteiger partial charge in [-0.25, -0.2) is 8.78 Å². The largest absolute Gasteiger partial charge is 0.298 e. The normalized spacial score (nSPS) is 23.7. The van der Waals surface area contributed by atoms with Crippen molar-refractivity contribution >= 4 is 0 Å². The minimum absolute atomic E-state index is 0.246. The summed E-state index contributed by atoms with van der Waals surface area (Å²) in [7, 11) is 0. The maximum atomic E-state index is 12.4. The molecule has 2 fully saturated rings. The van der Waals surface area contributed by atoms with Crippen LogP contribution in [0.3, 0.4) is 0 Å². The number of nitrogens with zero attached hydrogens (tertiary/aromatic N) is 1. The lowest BCUT2D eigenvalue weighted by atomic mass is 9.58. The highest BCUT2D eigenvalue weighted by Crippen LogP contribution is 2.53. The van der Waals surface area contributed by atoms with Gasteiger partial charge in [0, 0.05) is 25.6 Å². The van der Waals surface area contributed by atoms with Crippen molar-refractivity contribution in [2.45, 2.75) is 25.8 Å². The summed E-state index contributed by atoms with van der Waals surface area (Å²) in [6.45, 7) is 2.97. The van der Waals surface area contributed by atoms with Gasteiger partial charge in [0.1, 0.15) is 0 Å². The van der Waals surface area contributed by atoms with Gasteiger partial charge in [-0.2, -0.15) is 0 Å². The van der Waals surface area contributed by atoms with Crippen LogP contribution < -0.4 is 0 Å². The van der Waals surface area contributed by atoms with E-state index in [0.29, 0.717) is 0 Å². The molecule has 1 spiro atoms. The molecule has 0 atom stereocenters. The Morgan fingerprint density at radius 1 is 1.18 bits per heavy atom. The van der Waals surface area contributed by atoms with E-state index in [1.165, 1.54) is 5.56 Å². The second-order valence-electron chi connectivity index (χ2n) is 5.63. The van der Waals surface area contributed by atoms with Crippen LogP contribution in [0.4, 0.5) is 8.78 Å². The third-order valence-electron chi connectivity index (χ3n) is 4.11. The molecule has 92 valence electrons. The van der Waals surface area contributed by atoms with Crippen molar-refractivity contribution in [2.24, 2.45) is 11.3 Å². The van der Waals surface area contributed by atoms with Gasteiger partial charge >= 0.3 is 0 Å². The molecule has 1 aliphatic carbocycles. The zero-order valence-corrected chi connectivity index (χ0v) is 9.78. The van der Waals surface area contributed by atoms with Crippen LogP contribution in [0.2, 0.25) is 0 Å². The summed E-state index contributed by atoms with van der Waals surface area (Å²) >= 11 is 0. The summed E-state index contributed by atoms with van der Waals surface area (Å²) in [6.07, 6.45) is -0.643. The van der Waals surface area contributed by atoms with Gasteiger partial charge in [-0.15, -0.1) is 0 Å². The third-order valence-corrected chi connectivity index (χ3v) is 4.11. The Hall–Kier alpha value is -0.960. The van der Waals surface area contributed by atoms with Crippen LogP contribution in [0.1, 0.15) is 18.4 Å². The Bertz CT molecular complexity index is 376. The van der Waals surface area contributed by atoms with Gasteiger partial charge in [0.2, 0.25) is 6.43 Å². The quantitative estimate of drug-likeness (QED) is 0.780. The lowest BCUT2D eigenvalue weighted by Gasteiger charge is -2.59. The van der Waals surface area contributed by atoms with Crippen LogP contribution >= 0.6 is 0 Å². The fourth-order valence-corrected chi connectivity index (χ4v) is 3.34. The van der Waals surface area contributed by atoms with Crippen LogP contribution in [0.5, 0.6) is 0 Å². The molecule has 1 heterocycles. The summed E-state index contributed by atoms with van der Waals surface area (Å²) in [5, 5.41) is 0.